The molecule has 0 saturated heterocycles. The summed E-state index contributed by atoms with van der Waals surface area (Å²) in [5, 5.41) is 5.71. The van der Waals surface area contributed by atoms with Crippen LogP contribution in [-0.2, 0) is 0 Å². The van der Waals surface area contributed by atoms with Gasteiger partial charge in [0.05, 0.1) is 11.8 Å². The van der Waals surface area contributed by atoms with Crippen LogP contribution in [0.4, 0.5) is 5.69 Å². The Kier molecular flexibility index (Phi) is 7.21. The molecule has 2 aromatic rings. The number of hydrogen-bond acceptors (Lipinski definition) is 3. The van der Waals surface area contributed by atoms with Crippen LogP contribution in [0.25, 0.3) is 0 Å². The summed E-state index contributed by atoms with van der Waals surface area (Å²) in [6.45, 7) is 6.56. The molecule has 0 heterocycles. The van der Waals surface area contributed by atoms with E-state index in [9.17, 15) is 9.59 Å². The highest BCUT2D eigenvalue weighted by Crippen LogP contribution is 2.25. The molecule has 0 aliphatic heterocycles. The van der Waals surface area contributed by atoms with Crippen molar-refractivity contribution in [2.45, 2.75) is 39.7 Å². The van der Waals surface area contributed by atoms with Crippen LogP contribution in [0.3, 0.4) is 0 Å². The minimum Gasteiger partial charge on any atom is -0.489 e. The highest BCUT2D eigenvalue weighted by molar-refractivity contribution is 6.06. The van der Waals surface area contributed by atoms with E-state index in [1.807, 2.05) is 32.0 Å². The molecule has 0 aliphatic rings. The zero-order valence-corrected chi connectivity index (χ0v) is 15.5. The van der Waals surface area contributed by atoms with Crippen molar-refractivity contribution in [3.8, 4) is 5.75 Å². The van der Waals surface area contributed by atoms with E-state index in [4.69, 9.17) is 4.74 Å². The van der Waals surface area contributed by atoms with E-state index in [1.165, 1.54) is 0 Å². The molecular formula is C21H26N2O3. The second-order valence-corrected chi connectivity index (χ2v) is 6.31. The van der Waals surface area contributed by atoms with Gasteiger partial charge in [0.15, 0.2) is 0 Å². The van der Waals surface area contributed by atoms with E-state index < -0.39 is 0 Å². The van der Waals surface area contributed by atoms with Gasteiger partial charge in [-0.25, -0.2) is 0 Å². The first-order valence-corrected chi connectivity index (χ1v) is 8.96. The number of benzene rings is 2. The maximum absolute atomic E-state index is 12.6. The van der Waals surface area contributed by atoms with E-state index in [1.54, 1.807) is 30.3 Å². The summed E-state index contributed by atoms with van der Waals surface area (Å²) in [6, 6.07) is 14.0. The zero-order chi connectivity index (χ0) is 18.9. The van der Waals surface area contributed by atoms with E-state index in [2.05, 4.69) is 17.6 Å². The standard InChI is InChI=1S/C21H26N2O3/c1-4-5-13-22-20(24)16-9-8-10-17(14-16)21(25)23-18-11-6-7-12-19(18)26-15(2)3/h6-12,14-15H,4-5,13H2,1-3H3,(H,22,24)(H,23,25). The normalized spacial score (nSPS) is 10.5. The molecule has 138 valence electrons. The molecular weight excluding hydrogens is 328 g/mol. The van der Waals surface area contributed by atoms with Crippen molar-refractivity contribution in [1.29, 1.82) is 0 Å². The maximum Gasteiger partial charge on any atom is 0.255 e. The third-order valence-electron chi connectivity index (χ3n) is 3.70. The first-order valence-electron chi connectivity index (χ1n) is 8.96. The minimum atomic E-state index is -0.284. The Hall–Kier alpha value is -2.82. The lowest BCUT2D eigenvalue weighted by atomic mass is 10.1. The molecule has 0 saturated carbocycles. The van der Waals surface area contributed by atoms with Crippen LogP contribution < -0.4 is 15.4 Å². The Morgan fingerprint density at radius 3 is 2.38 bits per heavy atom. The molecule has 2 N–H and O–H groups in total. The Morgan fingerprint density at radius 2 is 1.69 bits per heavy atom. The number of carbonyl (C=O) groups is 2. The topological polar surface area (TPSA) is 67.4 Å². The molecule has 0 bridgehead atoms. The highest BCUT2D eigenvalue weighted by atomic mass is 16.5. The van der Waals surface area contributed by atoms with E-state index in [0.717, 1.165) is 12.8 Å². The SMILES string of the molecule is CCCCNC(=O)c1cccc(C(=O)Nc2ccccc2OC(C)C)c1. The van der Waals surface area contributed by atoms with Crippen molar-refractivity contribution < 1.29 is 14.3 Å². The fourth-order valence-electron chi connectivity index (χ4n) is 2.40. The summed E-state index contributed by atoms with van der Waals surface area (Å²) in [5.74, 6) is 0.161. The van der Waals surface area contributed by atoms with Crippen LogP contribution in [0.1, 0.15) is 54.3 Å². The third kappa shape index (κ3) is 5.62. The molecule has 5 heteroatoms. The largest absolute Gasteiger partial charge is 0.489 e. The van der Waals surface area contributed by atoms with Crippen LogP contribution >= 0.6 is 0 Å². The predicted molar refractivity (Wildman–Crippen MR) is 104 cm³/mol. The number of unbranched alkanes of at least 4 members (excludes halogenated alkanes) is 1. The van der Waals surface area contributed by atoms with E-state index >= 15 is 0 Å². The number of anilines is 1. The molecule has 0 spiro atoms. The van der Waals surface area contributed by atoms with Gasteiger partial charge in [-0.1, -0.05) is 31.5 Å². The van der Waals surface area contributed by atoms with Crippen molar-refractivity contribution in [2.75, 3.05) is 11.9 Å². The van der Waals surface area contributed by atoms with Gasteiger partial charge in [0.1, 0.15) is 5.75 Å². The molecule has 0 radical (unpaired) electrons. The summed E-state index contributed by atoms with van der Waals surface area (Å²) in [6.07, 6.45) is 1.95. The smallest absolute Gasteiger partial charge is 0.255 e. The molecule has 0 atom stereocenters. The number of rotatable bonds is 8. The van der Waals surface area contributed by atoms with E-state index in [0.29, 0.717) is 29.1 Å². The third-order valence-corrected chi connectivity index (χ3v) is 3.70. The van der Waals surface area contributed by atoms with Gasteiger partial charge in [0, 0.05) is 17.7 Å². The Morgan fingerprint density at radius 1 is 1.00 bits per heavy atom. The first-order chi connectivity index (χ1) is 12.5. The van der Waals surface area contributed by atoms with Crippen LogP contribution in [0.5, 0.6) is 5.75 Å². The lowest BCUT2D eigenvalue weighted by Gasteiger charge is -2.15. The predicted octanol–water partition coefficient (Wildman–Crippen LogP) is 4.26. The maximum atomic E-state index is 12.6. The summed E-state index contributed by atoms with van der Waals surface area (Å²) < 4.78 is 5.72. The second-order valence-electron chi connectivity index (χ2n) is 6.31. The van der Waals surface area contributed by atoms with Gasteiger partial charge in [-0.2, -0.15) is 0 Å². The monoisotopic (exact) mass is 354 g/mol. The number of para-hydroxylation sites is 2. The van der Waals surface area contributed by atoms with Gasteiger partial charge in [-0.3, -0.25) is 9.59 Å². The second kappa shape index (κ2) is 9.61. The van der Waals surface area contributed by atoms with Gasteiger partial charge >= 0.3 is 0 Å². The van der Waals surface area contributed by atoms with Crippen LogP contribution in [0.2, 0.25) is 0 Å². The molecule has 2 rings (SSSR count). The van der Waals surface area contributed by atoms with Crippen molar-refractivity contribution in [2.24, 2.45) is 0 Å². The van der Waals surface area contributed by atoms with Crippen LogP contribution in [0, 0.1) is 0 Å². The molecule has 0 aliphatic carbocycles. The number of ether oxygens (including phenoxy) is 1. The summed E-state index contributed by atoms with van der Waals surface area (Å²) in [4.78, 5) is 24.8. The average Bonchev–Trinajstić information content (AvgIpc) is 2.63. The van der Waals surface area contributed by atoms with Crippen molar-refractivity contribution in [3.05, 3.63) is 59.7 Å². The van der Waals surface area contributed by atoms with Gasteiger partial charge < -0.3 is 15.4 Å². The lowest BCUT2D eigenvalue weighted by molar-refractivity contribution is 0.0953. The number of amides is 2. The van der Waals surface area contributed by atoms with Gasteiger partial charge in [-0.05, 0) is 50.6 Å². The molecule has 5 nitrogen and oxygen atoms in total. The fraction of sp³-hybridized carbons (Fsp3) is 0.333. The first kappa shape index (κ1) is 19.5. The van der Waals surface area contributed by atoms with Gasteiger partial charge in [0.25, 0.3) is 11.8 Å². The zero-order valence-electron chi connectivity index (χ0n) is 15.5. The van der Waals surface area contributed by atoms with E-state index in [-0.39, 0.29) is 17.9 Å². The van der Waals surface area contributed by atoms with Gasteiger partial charge in [-0.15, -0.1) is 0 Å². The van der Waals surface area contributed by atoms with Crippen molar-refractivity contribution >= 4 is 17.5 Å². The molecule has 0 unspecified atom stereocenters. The molecule has 2 amide bonds. The average molecular weight is 354 g/mol. The summed E-state index contributed by atoms with van der Waals surface area (Å²) in [5.41, 5.74) is 1.50. The Bertz CT molecular complexity index is 756. The quantitative estimate of drug-likeness (QED) is 0.696. The molecule has 26 heavy (non-hydrogen) atoms. The summed E-state index contributed by atoms with van der Waals surface area (Å²) >= 11 is 0. The molecule has 0 fully saturated rings. The lowest BCUT2D eigenvalue weighted by Crippen LogP contribution is -2.24. The van der Waals surface area contributed by atoms with Crippen molar-refractivity contribution in [3.63, 3.8) is 0 Å². The Labute approximate surface area is 154 Å². The molecule has 2 aromatic carbocycles. The van der Waals surface area contributed by atoms with Crippen LogP contribution in [-0.4, -0.2) is 24.5 Å². The summed E-state index contributed by atoms with van der Waals surface area (Å²) in [7, 11) is 0. The van der Waals surface area contributed by atoms with Crippen molar-refractivity contribution in [1.82, 2.24) is 5.32 Å². The van der Waals surface area contributed by atoms with Crippen LogP contribution in [0.15, 0.2) is 48.5 Å². The number of carbonyl (C=O) groups excluding carboxylic acids is 2. The number of hydrogen-bond donors (Lipinski definition) is 2. The highest BCUT2D eigenvalue weighted by Gasteiger charge is 2.13. The number of nitrogens with one attached hydrogen (secondary N) is 2. The van der Waals surface area contributed by atoms with Gasteiger partial charge in [0.2, 0.25) is 0 Å². The fourth-order valence-corrected chi connectivity index (χ4v) is 2.40. The minimum absolute atomic E-state index is 0.00296. The Balaban J connectivity index is 2.11. The molecule has 0 aromatic heterocycles.